The highest BCUT2D eigenvalue weighted by Gasteiger charge is 1.98. The van der Waals surface area contributed by atoms with Crippen molar-refractivity contribution < 1.29 is 0 Å². The largest absolute Gasteiger partial charge is 0.108 e. The Bertz CT molecular complexity index is 141. The maximum absolute atomic E-state index is 5.34. The Balaban J connectivity index is 3.12. The first-order valence-corrected chi connectivity index (χ1v) is 8.98. The van der Waals surface area contributed by atoms with Crippen molar-refractivity contribution in [2.45, 2.75) is 65.2 Å². The summed E-state index contributed by atoms with van der Waals surface area (Å²) in [6.07, 6.45) is 10.8. The molecule has 0 aromatic rings. The summed E-state index contributed by atoms with van der Waals surface area (Å²) in [6, 6.07) is 0. The number of thiocarbonyl (C=S) groups is 1. The van der Waals surface area contributed by atoms with Crippen molar-refractivity contribution in [3.05, 3.63) is 0 Å². The van der Waals surface area contributed by atoms with E-state index in [4.69, 9.17) is 12.2 Å². The van der Waals surface area contributed by atoms with Crippen molar-refractivity contribution in [2.75, 3.05) is 11.5 Å². The van der Waals surface area contributed by atoms with Gasteiger partial charge >= 0.3 is 0 Å². The molecule has 16 heavy (non-hydrogen) atoms. The van der Waals surface area contributed by atoms with E-state index in [0.717, 1.165) is 3.53 Å². The highest BCUT2D eigenvalue weighted by Crippen LogP contribution is 2.20. The van der Waals surface area contributed by atoms with Crippen LogP contribution in [0.2, 0.25) is 0 Å². The molecule has 0 bridgehead atoms. The van der Waals surface area contributed by atoms with Gasteiger partial charge in [-0.25, -0.2) is 0 Å². The molecule has 0 unspecified atom stereocenters. The number of unbranched alkanes of at least 4 members (excludes halogenated alkanes) is 6. The Labute approximate surface area is 116 Å². The maximum Gasteiger partial charge on any atom is 0.104 e. The van der Waals surface area contributed by atoms with Gasteiger partial charge < -0.3 is 0 Å². The van der Waals surface area contributed by atoms with Crippen LogP contribution in [-0.4, -0.2) is 15.0 Å². The molecule has 3 heteroatoms. The van der Waals surface area contributed by atoms with Crippen LogP contribution in [0.25, 0.3) is 0 Å². The summed E-state index contributed by atoms with van der Waals surface area (Å²) in [5.74, 6) is 2.45. The van der Waals surface area contributed by atoms with Crippen LogP contribution < -0.4 is 0 Å². The zero-order chi connectivity index (χ0) is 12.1. The van der Waals surface area contributed by atoms with Gasteiger partial charge in [0.1, 0.15) is 3.53 Å². The van der Waals surface area contributed by atoms with Gasteiger partial charge in [-0.2, -0.15) is 0 Å². The molecule has 0 nitrogen and oxygen atoms in total. The summed E-state index contributed by atoms with van der Waals surface area (Å²) in [7, 11) is 0. The van der Waals surface area contributed by atoms with Crippen LogP contribution in [0.3, 0.4) is 0 Å². The Morgan fingerprint density at radius 2 is 1.19 bits per heavy atom. The van der Waals surface area contributed by atoms with Gasteiger partial charge in [-0.05, 0) is 24.3 Å². The van der Waals surface area contributed by atoms with Gasteiger partial charge in [0.25, 0.3) is 0 Å². The van der Waals surface area contributed by atoms with E-state index in [0.29, 0.717) is 0 Å². The second kappa shape index (κ2) is 13.9. The number of thioether (sulfide) groups is 2. The van der Waals surface area contributed by atoms with E-state index >= 15 is 0 Å². The predicted molar refractivity (Wildman–Crippen MR) is 85.8 cm³/mol. The van der Waals surface area contributed by atoms with Gasteiger partial charge in [-0.3, -0.25) is 0 Å². The minimum atomic E-state index is 1.16. The fourth-order valence-electron chi connectivity index (χ4n) is 1.41. The second-order valence-corrected chi connectivity index (χ2v) is 7.46. The normalized spacial score (nSPS) is 10.6. The minimum Gasteiger partial charge on any atom is -0.108 e. The van der Waals surface area contributed by atoms with Crippen LogP contribution in [-0.2, 0) is 0 Å². The molecule has 96 valence electrons. The molecule has 0 N–H and O–H groups in total. The van der Waals surface area contributed by atoms with Crippen molar-refractivity contribution in [2.24, 2.45) is 0 Å². The number of hydrogen-bond acceptors (Lipinski definition) is 3. The Morgan fingerprint density at radius 1 is 0.750 bits per heavy atom. The molecule has 0 rings (SSSR count). The van der Waals surface area contributed by atoms with E-state index in [9.17, 15) is 0 Å². The first-order valence-electron chi connectivity index (χ1n) is 6.60. The summed E-state index contributed by atoms with van der Waals surface area (Å²) >= 11 is 9.11. The lowest BCUT2D eigenvalue weighted by atomic mass is 10.2. The molecule has 0 radical (unpaired) electrons. The topological polar surface area (TPSA) is 0 Å². The second-order valence-electron chi connectivity index (χ2n) is 4.07. The summed E-state index contributed by atoms with van der Waals surface area (Å²) in [5.41, 5.74) is 0. The third kappa shape index (κ3) is 12.9. The van der Waals surface area contributed by atoms with Crippen LogP contribution >= 0.6 is 35.7 Å². The third-order valence-corrected chi connectivity index (χ3v) is 5.31. The zero-order valence-corrected chi connectivity index (χ0v) is 13.2. The predicted octanol–water partition coefficient (Wildman–Crippen LogP) is 5.90. The molecule has 0 aliphatic carbocycles. The average molecular weight is 279 g/mol. The van der Waals surface area contributed by atoms with E-state index < -0.39 is 0 Å². The highest BCUT2D eigenvalue weighted by molar-refractivity contribution is 8.47. The summed E-state index contributed by atoms with van der Waals surface area (Å²) in [5, 5.41) is 0. The van der Waals surface area contributed by atoms with Crippen molar-refractivity contribution in [3.63, 3.8) is 0 Å². The number of hydrogen-bond donors (Lipinski definition) is 0. The van der Waals surface area contributed by atoms with Crippen LogP contribution in [0.4, 0.5) is 0 Å². The molecule has 0 aromatic carbocycles. The quantitative estimate of drug-likeness (QED) is 0.361. The minimum absolute atomic E-state index is 1.16. The van der Waals surface area contributed by atoms with E-state index in [-0.39, 0.29) is 0 Å². The van der Waals surface area contributed by atoms with E-state index in [2.05, 4.69) is 13.8 Å². The van der Waals surface area contributed by atoms with Gasteiger partial charge in [0.15, 0.2) is 0 Å². The third-order valence-electron chi connectivity index (χ3n) is 2.44. The van der Waals surface area contributed by atoms with Crippen molar-refractivity contribution in [1.29, 1.82) is 0 Å². The molecule has 0 heterocycles. The zero-order valence-electron chi connectivity index (χ0n) is 10.8. The molecule has 0 amide bonds. The van der Waals surface area contributed by atoms with Crippen LogP contribution in [0.15, 0.2) is 0 Å². The van der Waals surface area contributed by atoms with Crippen LogP contribution in [0.5, 0.6) is 0 Å². The number of rotatable bonds is 10. The fourth-order valence-corrected chi connectivity index (χ4v) is 3.77. The van der Waals surface area contributed by atoms with E-state index in [1.54, 1.807) is 0 Å². The maximum atomic E-state index is 5.34. The van der Waals surface area contributed by atoms with E-state index in [1.807, 2.05) is 23.5 Å². The molecule has 0 aliphatic heterocycles. The molecule has 0 saturated heterocycles. The summed E-state index contributed by atoms with van der Waals surface area (Å²) in [6.45, 7) is 4.51. The molecule has 0 spiro atoms. The smallest absolute Gasteiger partial charge is 0.104 e. The first kappa shape index (κ1) is 16.8. The van der Waals surface area contributed by atoms with Crippen molar-refractivity contribution in [1.82, 2.24) is 0 Å². The molecule has 0 aliphatic rings. The molecule has 0 saturated carbocycles. The first-order chi connectivity index (χ1) is 7.81. The lowest BCUT2D eigenvalue weighted by Crippen LogP contribution is -1.89. The lowest BCUT2D eigenvalue weighted by Gasteiger charge is -2.03. The Kier molecular flexibility index (Phi) is 14.5. The van der Waals surface area contributed by atoms with Crippen LogP contribution in [0.1, 0.15) is 65.2 Å². The lowest BCUT2D eigenvalue weighted by molar-refractivity contribution is 0.707. The van der Waals surface area contributed by atoms with Crippen molar-refractivity contribution >= 4 is 39.3 Å². The molecular formula is C13H26S3. The summed E-state index contributed by atoms with van der Waals surface area (Å²) < 4.78 is 1.16. The van der Waals surface area contributed by atoms with Gasteiger partial charge in [-0.15, -0.1) is 23.5 Å². The molecule has 0 atom stereocenters. The Morgan fingerprint density at radius 3 is 1.56 bits per heavy atom. The monoisotopic (exact) mass is 278 g/mol. The average Bonchev–Trinajstić information content (AvgIpc) is 2.28. The van der Waals surface area contributed by atoms with Gasteiger partial charge in [-0.1, -0.05) is 64.6 Å². The SMILES string of the molecule is CCCCCCSC(=S)SCCCCCC. The van der Waals surface area contributed by atoms with Gasteiger partial charge in [0, 0.05) is 0 Å². The van der Waals surface area contributed by atoms with Gasteiger partial charge in [0.2, 0.25) is 0 Å². The van der Waals surface area contributed by atoms with Crippen LogP contribution in [0, 0.1) is 0 Å². The fraction of sp³-hybridized carbons (Fsp3) is 0.923. The summed E-state index contributed by atoms with van der Waals surface area (Å²) in [4.78, 5) is 0. The Hall–Kier alpha value is 0.790. The van der Waals surface area contributed by atoms with Crippen molar-refractivity contribution in [3.8, 4) is 0 Å². The highest BCUT2D eigenvalue weighted by atomic mass is 32.2. The standard InChI is InChI=1S/C13H26S3/c1-3-5-7-9-11-15-13(14)16-12-10-8-6-4-2/h3-12H2,1-2H3. The van der Waals surface area contributed by atoms with E-state index in [1.165, 1.54) is 62.9 Å². The molecule has 0 aromatic heterocycles. The van der Waals surface area contributed by atoms with Gasteiger partial charge in [0.05, 0.1) is 0 Å². The molecule has 0 fully saturated rings. The molecular weight excluding hydrogens is 252 g/mol.